The molecule has 18 heavy (non-hydrogen) atoms. The number of hydrogen-bond donors (Lipinski definition) is 1. The fourth-order valence-electron chi connectivity index (χ4n) is 1.63. The van der Waals surface area contributed by atoms with E-state index in [9.17, 15) is 8.78 Å². The summed E-state index contributed by atoms with van der Waals surface area (Å²) in [5.74, 6) is -1.28. The lowest BCUT2D eigenvalue weighted by Gasteiger charge is -2.12. The molecule has 0 spiro atoms. The second kappa shape index (κ2) is 5.36. The first-order valence-corrected chi connectivity index (χ1v) is 7.46. The monoisotopic (exact) mass is 395 g/mol. The Bertz CT molecular complexity index is 555. The van der Waals surface area contributed by atoms with Gasteiger partial charge in [0.1, 0.15) is 11.6 Å². The second-order valence-electron chi connectivity index (χ2n) is 3.81. The Hall–Kier alpha value is -0.300. The summed E-state index contributed by atoms with van der Waals surface area (Å²) in [5.41, 5.74) is 5.84. The third kappa shape index (κ3) is 2.66. The summed E-state index contributed by atoms with van der Waals surface area (Å²) in [6.07, 6.45) is 0. The van der Waals surface area contributed by atoms with Gasteiger partial charge in [0, 0.05) is 24.3 Å². The number of nitrogens with two attached hydrogens (primary N) is 1. The molecule has 96 valence electrons. The van der Waals surface area contributed by atoms with E-state index < -0.39 is 17.7 Å². The van der Waals surface area contributed by atoms with Gasteiger partial charge in [-0.15, -0.1) is 11.3 Å². The summed E-state index contributed by atoms with van der Waals surface area (Å²) >= 11 is 7.83. The maximum absolute atomic E-state index is 13.8. The van der Waals surface area contributed by atoms with E-state index in [-0.39, 0.29) is 5.56 Å². The number of benzene rings is 1. The van der Waals surface area contributed by atoms with Crippen molar-refractivity contribution in [1.29, 1.82) is 0 Å². The van der Waals surface area contributed by atoms with Crippen LogP contribution >= 0.6 is 43.2 Å². The van der Waals surface area contributed by atoms with Gasteiger partial charge in [-0.05, 0) is 41.1 Å². The summed E-state index contributed by atoms with van der Waals surface area (Å²) in [6, 6.07) is 3.43. The van der Waals surface area contributed by atoms with Gasteiger partial charge in [0.05, 0.1) is 6.04 Å². The largest absolute Gasteiger partial charge is 0.319 e. The molecule has 0 saturated heterocycles. The number of rotatable bonds is 2. The molecule has 1 atom stereocenters. The standard InChI is InChI=1S/C12H9Br2F2NS/c1-5-7(14)4-10(18-5)12(17)11-8(15)2-6(13)3-9(11)16/h2-4,12H,17H2,1H3. The van der Waals surface area contributed by atoms with Gasteiger partial charge in [0.2, 0.25) is 0 Å². The molecule has 0 fully saturated rings. The molecule has 1 aromatic heterocycles. The predicted octanol–water partition coefficient (Wildman–Crippen LogP) is 4.91. The van der Waals surface area contributed by atoms with Crippen molar-refractivity contribution in [3.8, 4) is 0 Å². The summed E-state index contributed by atoms with van der Waals surface area (Å²) in [6.45, 7) is 1.92. The minimum atomic E-state index is -0.798. The molecule has 1 unspecified atom stereocenters. The Morgan fingerprint density at radius 3 is 2.17 bits per heavy atom. The van der Waals surface area contributed by atoms with Gasteiger partial charge in [-0.3, -0.25) is 0 Å². The quantitative estimate of drug-likeness (QED) is 0.766. The van der Waals surface area contributed by atoms with Crippen LogP contribution in [0, 0.1) is 18.6 Å². The molecule has 0 bridgehead atoms. The molecule has 0 radical (unpaired) electrons. The summed E-state index contributed by atoms with van der Waals surface area (Å²) in [5, 5.41) is 0. The molecule has 0 aliphatic rings. The van der Waals surface area contributed by atoms with E-state index in [1.54, 1.807) is 6.07 Å². The molecule has 2 N–H and O–H groups in total. The van der Waals surface area contributed by atoms with E-state index >= 15 is 0 Å². The molecule has 2 aromatic rings. The highest BCUT2D eigenvalue weighted by atomic mass is 79.9. The zero-order chi connectivity index (χ0) is 13.4. The second-order valence-corrected chi connectivity index (χ2v) is 6.87. The van der Waals surface area contributed by atoms with E-state index in [2.05, 4.69) is 31.9 Å². The molecular formula is C12H9Br2F2NS. The van der Waals surface area contributed by atoms with Crippen molar-refractivity contribution in [2.24, 2.45) is 5.73 Å². The van der Waals surface area contributed by atoms with E-state index in [0.29, 0.717) is 4.47 Å². The van der Waals surface area contributed by atoms with Crippen LogP contribution in [0.25, 0.3) is 0 Å². The van der Waals surface area contributed by atoms with E-state index in [1.807, 2.05) is 6.92 Å². The highest BCUT2D eigenvalue weighted by Crippen LogP contribution is 2.34. The number of aryl methyl sites for hydroxylation is 1. The fraction of sp³-hybridized carbons (Fsp3) is 0.167. The molecule has 0 aliphatic carbocycles. The number of halogens is 4. The summed E-state index contributed by atoms with van der Waals surface area (Å²) in [7, 11) is 0. The van der Waals surface area contributed by atoms with Crippen LogP contribution in [-0.2, 0) is 0 Å². The van der Waals surface area contributed by atoms with Crippen LogP contribution in [0.2, 0.25) is 0 Å². The molecule has 1 aromatic carbocycles. The van der Waals surface area contributed by atoms with Crippen molar-refractivity contribution in [3.05, 3.63) is 54.1 Å². The highest BCUT2D eigenvalue weighted by Gasteiger charge is 2.21. The maximum atomic E-state index is 13.8. The van der Waals surface area contributed by atoms with Crippen LogP contribution in [0.1, 0.15) is 21.4 Å². The van der Waals surface area contributed by atoms with Crippen molar-refractivity contribution >= 4 is 43.2 Å². The Morgan fingerprint density at radius 2 is 1.72 bits per heavy atom. The summed E-state index contributed by atoms with van der Waals surface area (Å²) in [4.78, 5) is 1.75. The Balaban J connectivity index is 2.49. The Labute approximate surface area is 124 Å². The first kappa shape index (κ1) is 14.1. The van der Waals surface area contributed by atoms with Crippen LogP contribution in [0.5, 0.6) is 0 Å². The highest BCUT2D eigenvalue weighted by molar-refractivity contribution is 9.10. The fourth-order valence-corrected chi connectivity index (χ4v) is 3.60. The zero-order valence-electron chi connectivity index (χ0n) is 9.31. The third-order valence-corrected chi connectivity index (χ3v) is 5.22. The molecule has 0 amide bonds. The van der Waals surface area contributed by atoms with E-state index in [4.69, 9.17) is 5.73 Å². The molecule has 6 heteroatoms. The first-order valence-electron chi connectivity index (χ1n) is 5.06. The van der Waals surface area contributed by atoms with Crippen molar-refractivity contribution in [2.45, 2.75) is 13.0 Å². The number of hydrogen-bond acceptors (Lipinski definition) is 2. The zero-order valence-corrected chi connectivity index (χ0v) is 13.3. The van der Waals surface area contributed by atoms with Gasteiger partial charge in [0.15, 0.2) is 0 Å². The third-order valence-electron chi connectivity index (χ3n) is 2.54. The SMILES string of the molecule is Cc1sc(C(N)c2c(F)cc(Br)cc2F)cc1Br. The van der Waals surface area contributed by atoms with Crippen LogP contribution in [0.15, 0.2) is 27.1 Å². The van der Waals surface area contributed by atoms with Crippen molar-refractivity contribution < 1.29 is 8.78 Å². The van der Waals surface area contributed by atoms with Crippen LogP contribution in [-0.4, -0.2) is 0 Å². The van der Waals surface area contributed by atoms with Gasteiger partial charge >= 0.3 is 0 Å². The van der Waals surface area contributed by atoms with E-state index in [1.165, 1.54) is 23.5 Å². The van der Waals surface area contributed by atoms with Crippen molar-refractivity contribution in [3.63, 3.8) is 0 Å². The van der Waals surface area contributed by atoms with Crippen LogP contribution < -0.4 is 5.73 Å². The molecule has 1 nitrogen and oxygen atoms in total. The average molecular weight is 397 g/mol. The molecule has 2 rings (SSSR count). The molecule has 1 heterocycles. The molecule has 0 aliphatic heterocycles. The Morgan fingerprint density at radius 1 is 1.17 bits per heavy atom. The van der Waals surface area contributed by atoms with Gasteiger partial charge in [0.25, 0.3) is 0 Å². The van der Waals surface area contributed by atoms with Crippen molar-refractivity contribution in [1.82, 2.24) is 0 Å². The topological polar surface area (TPSA) is 26.0 Å². The predicted molar refractivity (Wildman–Crippen MR) is 76.8 cm³/mol. The van der Waals surface area contributed by atoms with E-state index in [0.717, 1.165) is 14.2 Å². The van der Waals surface area contributed by atoms with Gasteiger partial charge in [-0.2, -0.15) is 0 Å². The van der Waals surface area contributed by atoms with Crippen LogP contribution in [0.3, 0.4) is 0 Å². The number of thiophene rings is 1. The normalized spacial score (nSPS) is 12.8. The maximum Gasteiger partial charge on any atom is 0.132 e. The average Bonchev–Trinajstić information content (AvgIpc) is 2.57. The lowest BCUT2D eigenvalue weighted by molar-refractivity contribution is 0.543. The van der Waals surface area contributed by atoms with Crippen LogP contribution in [0.4, 0.5) is 8.78 Å². The van der Waals surface area contributed by atoms with Gasteiger partial charge in [-0.1, -0.05) is 15.9 Å². The molecular weight excluding hydrogens is 388 g/mol. The molecule has 0 saturated carbocycles. The minimum absolute atomic E-state index is 0.105. The first-order chi connectivity index (χ1) is 8.40. The lowest BCUT2D eigenvalue weighted by atomic mass is 10.1. The Kier molecular flexibility index (Phi) is 4.21. The van der Waals surface area contributed by atoms with Gasteiger partial charge < -0.3 is 5.73 Å². The minimum Gasteiger partial charge on any atom is -0.319 e. The lowest BCUT2D eigenvalue weighted by Crippen LogP contribution is -2.14. The summed E-state index contributed by atoms with van der Waals surface area (Å²) < 4.78 is 28.9. The van der Waals surface area contributed by atoms with Gasteiger partial charge in [-0.25, -0.2) is 8.78 Å². The van der Waals surface area contributed by atoms with Crippen molar-refractivity contribution in [2.75, 3.05) is 0 Å². The smallest absolute Gasteiger partial charge is 0.132 e.